The molecule has 212 valence electrons. The normalized spacial score (nSPS) is 18.7. The molecule has 0 spiro atoms. The van der Waals surface area contributed by atoms with E-state index in [1.54, 1.807) is 20.8 Å². The predicted molar refractivity (Wildman–Crippen MR) is 155 cm³/mol. The molecular weight excluding hydrogens is 504 g/mol. The molecule has 1 aliphatic carbocycles. The smallest absolute Gasteiger partial charge is 0.407 e. The van der Waals surface area contributed by atoms with Crippen molar-refractivity contribution in [2.45, 2.75) is 76.3 Å². The van der Waals surface area contributed by atoms with Crippen LogP contribution in [-0.4, -0.2) is 46.1 Å². The lowest BCUT2D eigenvalue weighted by atomic mass is 9.88. The molecule has 0 radical (unpaired) electrons. The molecule has 2 amide bonds. The minimum atomic E-state index is -1.03. The van der Waals surface area contributed by atoms with Crippen LogP contribution in [0.2, 0.25) is 0 Å². The Morgan fingerprint density at radius 3 is 2.10 bits per heavy atom. The Balaban J connectivity index is 1.54. The highest BCUT2D eigenvalue weighted by Crippen LogP contribution is 2.32. The second kappa shape index (κ2) is 13.1. The van der Waals surface area contributed by atoms with E-state index >= 15 is 0 Å². The number of ether oxygens (including phenoxy) is 1. The van der Waals surface area contributed by atoms with Gasteiger partial charge in [-0.1, -0.05) is 84.9 Å². The summed E-state index contributed by atoms with van der Waals surface area (Å²) in [7, 11) is 0. The molecule has 3 unspecified atom stereocenters. The first-order chi connectivity index (χ1) is 19.1. The number of aliphatic hydroxyl groups excluding tert-OH is 2. The van der Waals surface area contributed by atoms with Crippen LogP contribution >= 0.6 is 0 Å². The summed E-state index contributed by atoms with van der Waals surface area (Å²) in [5.41, 5.74) is 3.14. The van der Waals surface area contributed by atoms with Crippen molar-refractivity contribution in [3.8, 4) is 0 Å². The second-order valence-electron chi connectivity index (χ2n) is 11.6. The Labute approximate surface area is 236 Å². The second-order valence-corrected chi connectivity index (χ2v) is 11.6. The number of hydrogen-bond acceptors (Lipinski definition) is 5. The highest BCUT2D eigenvalue weighted by Gasteiger charge is 2.35. The number of benzene rings is 3. The van der Waals surface area contributed by atoms with Crippen molar-refractivity contribution in [3.05, 3.63) is 107 Å². The van der Waals surface area contributed by atoms with Crippen LogP contribution in [0.4, 0.5) is 4.79 Å². The number of amides is 2. The molecule has 0 fully saturated rings. The molecule has 0 saturated heterocycles. The van der Waals surface area contributed by atoms with Crippen LogP contribution in [0, 0.1) is 5.92 Å². The van der Waals surface area contributed by atoms with Crippen molar-refractivity contribution < 1.29 is 24.5 Å². The number of hydrogen-bond donors (Lipinski definition) is 4. The first kappa shape index (κ1) is 29.3. The largest absolute Gasteiger partial charge is 0.444 e. The van der Waals surface area contributed by atoms with E-state index in [9.17, 15) is 19.8 Å². The zero-order valence-electron chi connectivity index (χ0n) is 23.4. The van der Waals surface area contributed by atoms with Gasteiger partial charge in [0.25, 0.3) is 0 Å². The van der Waals surface area contributed by atoms with Gasteiger partial charge in [-0.15, -0.1) is 0 Å². The Hall–Kier alpha value is -3.68. The molecule has 7 heteroatoms. The van der Waals surface area contributed by atoms with Crippen molar-refractivity contribution in [2.24, 2.45) is 5.92 Å². The van der Waals surface area contributed by atoms with Crippen LogP contribution in [0.1, 0.15) is 55.5 Å². The van der Waals surface area contributed by atoms with Gasteiger partial charge in [0.1, 0.15) is 5.60 Å². The Morgan fingerprint density at radius 1 is 0.900 bits per heavy atom. The molecule has 0 aromatic heterocycles. The lowest BCUT2D eigenvalue weighted by Gasteiger charge is -2.29. The molecule has 3 aromatic rings. The number of nitrogens with one attached hydrogen (secondary N) is 2. The number of aliphatic hydroxyl groups is 2. The van der Waals surface area contributed by atoms with Crippen molar-refractivity contribution in [1.82, 2.24) is 10.6 Å². The van der Waals surface area contributed by atoms with E-state index in [0.717, 1.165) is 22.3 Å². The number of carbonyl (C=O) groups is 2. The maximum absolute atomic E-state index is 13.7. The monoisotopic (exact) mass is 544 g/mol. The molecule has 0 bridgehead atoms. The third-order valence-corrected chi connectivity index (χ3v) is 7.19. The average molecular weight is 545 g/mol. The minimum absolute atomic E-state index is 0.110. The van der Waals surface area contributed by atoms with E-state index in [2.05, 4.69) is 10.6 Å². The van der Waals surface area contributed by atoms with Gasteiger partial charge < -0.3 is 25.6 Å². The van der Waals surface area contributed by atoms with Gasteiger partial charge in [-0.2, -0.15) is 0 Å². The van der Waals surface area contributed by atoms with E-state index in [1.807, 2.05) is 84.9 Å². The summed E-state index contributed by atoms with van der Waals surface area (Å²) in [5, 5.41) is 28.1. The molecule has 3 aromatic carbocycles. The number of alkyl carbamates (subject to hydrolysis) is 1. The zero-order chi connectivity index (χ0) is 28.7. The summed E-state index contributed by atoms with van der Waals surface area (Å²) in [6.07, 6.45) is -1.02. The lowest BCUT2D eigenvalue weighted by molar-refractivity contribution is -0.127. The molecule has 0 heterocycles. The maximum atomic E-state index is 13.7. The number of carbonyl (C=O) groups excluding carboxylic acids is 2. The topological polar surface area (TPSA) is 108 Å². The number of rotatable bonds is 10. The van der Waals surface area contributed by atoms with Crippen molar-refractivity contribution >= 4 is 12.0 Å². The van der Waals surface area contributed by atoms with Crippen molar-refractivity contribution in [2.75, 3.05) is 0 Å². The van der Waals surface area contributed by atoms with Gasteiger partial charge in [-0.25, -0.2) is 4.79 Å². The van der Waals surface area contributed by atoms with Crippen LogP contribution in [0.3, 0.4) is 0 Å². The Morgan fingerprint density at radius 2 is 1.48 bits per heavy atom. The molecule has 1 aliphatic rings. The molecule has 40 heavy (non-hydrogen) atoms. The van der Waals surface area contributed by atoms with Crippen molar-refractivity contribution in [1.29, 1.82) is 0 Å². The van der Waals surface area contributed by atoms with Gasteiger partial charge >= 0.3 is 6.09 Å². The Kier molecular flexibility index (Phi) is 9.61. The summed E-state index contributed by atoms with van der Waals surface area (Å²) in [6, 6.07) is 25.8. The summed E-state index contributed by atoms with van der Waals surface area (Å²) < 4.78 is 5.47. The molecule has 0 aliphatic heterocycles. The van der Waals surface area contributed by atoms with Gasteiger partial charge in [0.2, 0.25) is 5.91 Å². The van der Waals surface area contributed by atoms with Gasteiger partial charge in [-0.3, -0.25) is 4.79 Å². The van der Waals surface area contributed by atoms with Crippen LogP contribution in [0.25, 0.3) is 0 Å². The highest BCUT2D eigenvalue weighted by molar-refractivity contribution is 5.80. The fourth-order valence-electron chi connectivity index (χ4n) is 5.27. The maximum Gasteiger partial charge on any atom is 0.407 e. The Bertz CT molecular complexity index is 1260. The standard InChI is InChI=1S/C33H40N2O5/c1-33(2,3)40-32(39)34-27(19-23-14-8-5-9-15-23)28(36)21-25(18-22-12-6-4-7-13-22)31(38)35-30-26-17-11-10-16-24(26)20-29(30)37/h4-17,25,27-30,36-37H,18-21H2,1-3H3,(H,34,39)(H,35,38)/t25?,27?,28?,29-,30-/m1/s1. The fourth-order valence-corrected chi connectivity index (χ4v) is 5.27. The molecule has 4 N–H and O–H groups in total. The highest BCUT2D eigenvalue weighted by atomic mass is 16.6. The molecule has 4 rings (SSSR count). The van der Waals surface area contributed by atoms with Crippen LogP contribution in [0.15, 0.2) is 84.9 Å². The van der Waals surface area contributed by atoms with E-state index in [0.29, 0.717) is 19.3 Å². The zero-order valence-corrected chi connectivity index (χ0v) is 23.4. The van der Waals surface area contributed by atoms with E-state index in [-0.39, 0.29) is 12.3 Å². The lowest BCUT2D eigenvalue weighted by Crippen LogP contribution is -2.48. The average Bonchev–Trinajstić information content (AvgIpc) is 3.22. The van der Waals surface area contributed by atoms with Gasteiger partial charge in [-0.05, 0) is 62.3 Å². The van der Waals surface area contributed by atoms with E-state index < -0.39 is 41.9 Å². The third kappa shape index (κ3) is 8.16. The van der Waals surface area contributed by atoms with Gasteiger partial charge in [0.15, 0.2) is 0 Å². The molecule has 7 nitrogen and oxygen atoms in total. The SMILES string of the molecule is CC(C)(C)OC(=O)NC(Cc1ccccc1)C(O)CC(Cc1ccccc1)C(=O)N[C@@H]1c2ccccc2C[C@H]1O. The first-order valence-corrected chi connectivity index (χ1v) is 13.9. The van der Waals surface area contributed by atoms with Gasteiger partial charge in [0.05, 0.1) is 24.3 Å². The summed E-state index contributed by atoms with van der Waals surface area (Å²) in [6.45, 7) is 5.35. The van der Waals surface area contributed by atoms with Crippen molar-refractivity contribution in [3.63, 3.8) is 0 Å². The first-order valence-electron chi connectivity index (χ1n) is 13.9. The van der Waals surface area contributed by atoms with E-state index in [4.69, 9.17) is 4.74 Å². The summed E-state index contributed by atoms with van der Waals surface area (Å²) >= 11 is 0. The van der Waals surface area contributed by atoms with E-state index in [1.165, 1.54) is 0 Å². The van der Waals surface area contributed by atoms with Gasteiger partial charge in [0, 0.05) is 12.3 Å². The predicted octanol–water partition coefficient (Wildman–Crippen LogP) is 4.51. The molecular formula is C33H40N2O5. The van der Waals surface area contributed by atoms with Crippen LogP contribution in [-0.2, 0) is 28.8 Å². The minimum Gasteiger partial charge on any atom is -0.444 e. The van der Waals surface area contributed by atoms with Crippen LogP contribution in [0.5, 0.6) is 0 Å². The number of fused-ring (bicyclic) bond motifs is 1. The molecule has 0 saturated carbocycles. The quantitative estimate of drug-likeness (QED) is 0.301. The summed E-state index contributed by atoms with van der Waals surface area (Å²) in [4.78, 5) is 26.4. The molecule has 5 atom stereocenters. The third-order valence-electron chi connectivity index (χ3n) is 7.19. The van der Waals surface area contributed by atoms with Crippen LogP contribution < -0.4 is 10.6 Å². The fraction of sp³-hybridized carbons (Fsp3) is 0.394. The summed E-state index contributed by atoms with van der Waals surface area (Å²) in [5.74, 6) is -0.851.